The molecule has 2 unspecified atom stereocenters. The van der Waals surface area contributed by atoms with Crippen molar-refractivity contribution in [2.45, 2.75) is 71.4 Å². The number of hydrogen-bond acceptors (Lipinski definition) is 2. The molecule has 0 saturated carbocycles. The molecule has 2 heteroatoms. The molecule has 1 saturated heterocycles. The van der Waals surface area contributed by atoms with Gasteiger partial charge < -0.3 is 5.32 Å². The summed E-state index contributed by atoms with van der Waals surface area (Å²) in [7, 11) is 0. The quantitative estimate of drug-likeness (QED) is 0.718. The average Bonchev–Trinajstić information content (AvgIpc) is 2.31. The fourth-order valence-corrected chi connectivity index (χ4v) is 2.61. The third-order valence-electron chi connectivity index (χ3n) is 3.88. The minimum atomic E-state index is 0.675. The number of nitrogens with zero attached hydrogens (tertiary/aromatic N) is 1. The molecule has 0 bridgehead atoms. The highest BCUT2D eigenvalue weighted by Gasteiger charge is 2.20. The summed E-state index contributed by atoms with van der Waals surface area (Å²) in [4.78, 5) is 2.71. The van der Waals surface area contributed by atoms with Gasteiger partial charge in [0.2, 0.25) is 0 Å². The van der Waals surface area contributed by atoms with Crippen LogP contribution in [0.5, 0.6) is 0 Å². The van der Waals surface area contributed by atoms with E-state index < -0.39 is 0 Å². The van der Waals surface area contributed by atoms with Crippen LogP contribution in [0.1, 0.15) is 59.3 Å². The van der Waals surface area contributed by atoms with Crippen LogP contribution in [-0.2, 0) is 0 Å². The van der Waals surface area contributed by atoms with E-state index in [2.05, 4.69) is 31.0 Å². The van der Waals surface area contributed by atoms with Crippen LogP contribution in [-0.4, -0.2) is 36.6 Å². The maximum absolute atomic E-state index is 3.60. The molecule has 0 aromatic rings. The van der Waals surface area contributed by atoms with Gasteiger partial charge >= 0.3 is 0 Å². The molecule has 96 valence electrons. The molecule has 1 fully saturated rings. The fraction of sp³-hybridized carbons (Fsp3) is 1.00. The first-order valence-electron chi connectivity index (χ1n) is 7.25. The second-order valence-electron chi connectivity index (χ2n) is 5.24. The van der Waals surface area contributed by atoms with Crippen molar-refractivity contribution in [2.24, 2.45) is 0 Å². The van der Waals surface area contributed by atoms with Gasteiger partial charge in [-0.05, 0) is 39.2 Å². The van der Waals surface area contributed by atoms with Gasteiger partial charge in [0, 0.05) is 25.2 Å². The molecular formula is C14H30N2. The molecule has 2 atom stereocenters. The molecule has 0 radical (unpaired) electrons. The zero-order valence-electron chi connectivity index (χ0n) is 11.5. The van der Waals surface area contributed by atoms with Crippen molar-refractivity contribution in [1.82, 2.24) is 10.2 Å². The minimum Gasteiger partial charge on any atom is -0.313 e. The number of rotatable bonds is 7. The third-order valence-corrected chi connectivity index (χ3v) is 3.88. The molecule has 1 N–H and O–H groups in total. The highest BCUT2D eigenvalue weighted by molar-refractivity contribution is 4.77. The molecule has 1 aliphatic rings. The normalized spacial score (nSPS) is 24.6. The first-order chi connectivity index (χ1) is 7.77. The summed E-state index contributed by atoms with van der Waals surface area (Å²) in [5.41, 5.74) is 0. The Balaban J connectivity index is 2.21. The van der Waals surface area contributed by atoms with Crippen molar-refractivity contribution >= 4 is 0 Å². The fourth-order valence-electron chi connectivity index (χ4n) is 2.61. The predicted molar refractivity (Wildman–Crippen MR) is 71.9 cm³/mol. The Kier molecular flexibility index (Phi) is 7.06. The molecule has 16 heavy (non-hydrogen) atoms. The van der Waals surface area contributed by atoms with E-state index in [0.29, 0.717) is 6.04 Å². The predicted octanol–water partition coefficient (Wildman–Crippen LogP) is 3.03. The van der Waals surface area contributed by atoms with Crippen LogP contribution in [0.3, 0.4) is 0 Å². The SMILES string of the molecule is CCCC1CCCCN1CCNC(C)CC. The van der Waals surface area contributed by atoms with Crippen LogP contribution >= 0.6 is 0 Å². The van der Waals surface area contributed by atoms with Gasteiger partial charge in [-0.15, -0.1) is 0 Å². The Morgan fingerprint density at radius 2 is 2.12 bits per heavy atom. The second-order valence-corrected chi connectivity index (χ2v) is 5.24. The van der Waals surface area contributed by atoms with Crippen LogP contribution in [0.15, 0.2) is 0 Å². The number of hydrogen-bond donors (Lipinski definition) is 1. The van der Waals surface area contributed by atoms with Gasteiger partial charge in [0.25, 0.3) is 0 Å². The van der Waals surface area contributed by atoms with Gasteiger partial charge in [0.15, 0.2) is 0 Å². The van der Waals surface area contributed by atoms with Gasteiger partial charge in [0.1, 0.15) is 0 Å². The summed E-state index contributed by atoms with van der Waals surface area (Å²) in [5.74, 6) is 0. The van der Waals surface area contributed by atoms with Crippen LogP contribution in [0.25, 0.3) is 0 Å². The van der Waals surface area contributed by atoms with Gasteiger partial charge in [-0.2, -0.15) is 0 Å². The van der Waals surface area contributed by atoms with E-state index in [-0.39, 0.29) is 0 Å². The summed E-state index contributed by atoms with van der Waals surface area (Å²) in [6, 6.07) is 1.55. The summed E-state index contributed by atoms with van der Waals surface area (Å²) >= 11 is 0. The Labute approximate surface area is 102 Å². The number of likely N-dealkylation sites (tertiary alicyclic amines) is 1. The molecule has 0 aliphatic carbocycles. The van der Waals surface area contributed by atoms with Crippen LogP contribution in [0, 0.1) is 0 Å². The lowest BCUT2D eigenvalue weighted by atomic mass is 9.98. The molecule has 2 nitrogen and oxygen atoms in total. The average molecular weight is 226 g/mol. The minimum absolute atomic E-state index is 0.675. The van der Waals surface area contributed by atoms with Crippen molar-refractivity contribution in [3.63, 3.8) is 0 Å². The number of nitrogens with one attached hydrogen (secondary N) is 1. The summed E-state index contributed by atoms with van der Waals surface area (Å²) in [6.45, 7) is 10.6. The Morgan fingerprint density at radius 3 is 2.81 bits per heavy atom. The van der Waals surface area contributed by atoms with Crippen molar-refractivity contribution in [1.29, 1.82) is 0 Å². The second kappa shape index (κ2) is 8.08. The summed E-state index contributed by atoms with van der Waals surface area (Å²) in [6.07, 6.45) is 8.24. The van der Waals surface area contributed by atoms with Gasteiger partial charge in [-0.25, -0.2) is 0 Å². The molecule has 1 aliphatic heterocycles. The maximum atomic E-state index is 3.60. The molecule has 0 aromatic heterocycles. The van der Waals surface area contributed by atoms with E-state index in [0.717, 1.165) is 12.6 Å². The van der Waals surface area contributed by atoms with Gasteiger partial charge in [-0.3, -0.25) is 4.90 Å². The first kappa shape index (κ1) is 14.0. The largest absolute Gasteiger partial charge is 0.313 e. The smallest absolute Gasteiger partial charge is 0.0110 e. The topological polar surface area (TPSA) is 15.3 Å². The van der Waals surface area contributed by atoms with Crippen LogP contribution in [0.4, 0.5) is 0 Å². The highest BCUT2D eigenvalue weighted by atomic mass is 15.2. The van der Waals surface area contributed by atoms with Gasteiger partial charge in [0.05, 0.1) is 0 Å². The third kappa shape index (κ3) is 4.84. The van der Waals surface area contributed by atoms with Crippen molar-refractivity contribution in [2.75, 3.05) is 19.6 Å². The molecule has 0 spiro atoms. The van der Waals surface area contributed by atoms with Crippen molar-refractivity contribution < 1.29 is 0 Å². The van der Waals surface area contributed by atoms with E-state index in [1.54, 1.807) is 0 Å². The molecular weight excluding hydrogens is 196 g/mol. The Morgan fingerprint density at radius 1 is 1.31 bits per heavy atom. The zero-order chi connectivity index (χ0) is 11.8. The van der Waals surface area contributed by atoms with E-state index in [1.807, 2.05) is 0 Å². The van der Waals surface area contributed by atoms with Crippen molar-refractivity contribution in [3.8, 4) is 0 Å². The Bertz CT molecular complexity index is 168. The maximum Gasteiger partial charge on any atom is 0.0110 e. The highest BCUT2D eigenvalue weighted by Crippen LogP contribution is 2.20. The van der Waals surface area contributed by atoms with E-state index >= 15 is 0 Å². The first-order valence-corrected chi connectivity index (χ1v) is 7.25. The lowest BCUT2D eigenvalue weighted by molar-refractivity contribution is 0.139. The Hall–Kier alpha value is -0.0800. The van der Waals surface area contributed by atoms with Crippen molar-refractivity contribution in [3.05, 3.63) is 0 Å². The molecule has 0 amide bonds. The summed E-state index contributed by atoms with van der Waals surface area (Å²) in [5, 5.41) is 3.60. The van der Waals surface area contributed by atoms with E-state index in [9.17, 15) is 0 Å². The lowest BCUT2D eigenvalue weighted by Crippen LogP contribution is -2.44. The monoisotopic (exact) mass is 226 g/mol. The standard InChI is InChI=1S/C14H30N2/c1-4-8-14-9-6-7-11-16(14)12-10-15-13(3)5-2/h13-15H,4-12H2,1-3H3. The zero-order valence-corrected chi connectivity index (χ0v) is 11.5. The molecule has 0 aromatic carbocycles. The molecule has 1 rings (SSSR count). The van der Waals surface area contributed by atoms with E-state index in [4.69, 9.17) is 0 Å². The molecule has 1 heterocycles. The number of piperidine rings is 1. The summed E-state index contributed by atoms with van der Waals surface area (Å²) < 4.78 is 0. The van der Waals surface area contributed by atoms with Gasteiger partial charge in [-0.1, -0.05) is 26.7 Å². The van der Waals surface area contributed by atoms with Crippen LogP contribution in [0.2, 0.25) is 0 Å². The van der Waals surface area contributed by atoms with Crippen LogP contribution < -0.4 is 5.32 Å². The lowest BCUT2D eigenvalue weighted by Gasteiger charge is -2.36. The van der Waals surface area contributed by atoms with E-state index in [1.165, 1.54) is 51.6 Å².